The summed E-state index contributed by atoms with van der Waals surface area (Å²) in [7, 11) is 0. The molecule has 1 aliphatic rings. The SMILES string of the molecule is CC(C)N(CCC(=O)Nc1ccc(Cl)cc1F)C1CCCC1. The van der Waals surface area contributed by atoms with Crippen molar-refractivity contribution < 1.29 is 9.18 Å². The molecule has 1 aromatic carbocycles. The van der Waals surface area contributed by atoms with Crippen LogP contribution in [0.3, 0.4) is 0 Å². The molecule has 22 heavy (non-hydrogen) atoms. The van der Waals surface area contributed by atoms with E-state index in [4.69, 9.17) is 11.6 Å². The number of halogens is 2. The summed E-state index contributed by atoms with van der Waals surface area (Å²) < 4.78 is 13.7. The molecule has 0 spiro atoms. The van der Waals surface area contributed by atoms with Crippen LogP contribution < -0.4 is 5.32 Å². The molecule has 122 valence electrons. The molecule has 0 atom stereocenters. The maximum Gasteiger partial charge on any atom is 0.225 e. The Morgan fingerprint density at radius 3 is 2.68 bits per heavy atom. The number of carbonyl (C=O) groups excluding carboxylic acids is 1. The molecule has 1 amide bonds. The highest BCUT2D eigenvalue weighted by Gasteiger charge is 2.24. The molecule has 0 bridgehead atoms. The number of amides is 1. The van der Waals surface area contributed by atoms with E-state index in [-0.39, 0.29) is 11.6 Å². The molecule has 0 aliphatic heterocycles. The number of rotatable bonds is 6. The van der Waals surface area contributed by atoms with Gasteiger partial charge >= 0.3 is 0 Å². The molecule has 0 unspecified atom stereocenters. The molecule has 3 nitrogen and oxygen atoms in total. The predicted molar refractivity (Wildman–Crippen MR) is 88.8 cm³/mol. The van der Waals surface area contributed by atoms with E-state index in [1.165, 1.54) is 37.8 Å². The summed E-state index contributed by atoms with van der Waals surface area (Å²) in [5.41, 5.74) is 0.186. The minimum absolute atomic E-state index is 0.162. The molecule has 5 heteroatoms. The fraction of sp³-hybridized carbons (Fsp3) is 0.588. The number of hydrogen-bond acceptors (Lipinski definition) is 2. The Hall–Kier alpha value is -1.13. The zero-order valence-electron chi connectivity index (χ0n) is 13.2. The minimum Gasteiger partial charge on any atom is -0.324 e. The normalized spacial score (nSPS) is 15.7. The van der Waals surface area contributed by atoms with Crippen LogP contribution in [0.5, 0.6) is 0 Å². The van der Waals surface area contributed by atoms with Gasteiger partial charge in [-0.05, 0) is 44.9 Å². The Bertz CT molecular complexity index is 515. The van der Waals surface area contributed by atoms with Crippen molar-refractivity contribution in [2.24, 2.45) is 0 Å². The van der Waals surface area contributed by atoms with Crippen molar-refractivity contribution >= 4 is 23.2 Å². The van der Waals surface area contributed by atoms with Gasteiger partial charge in [0.1, 0.15) is 5.82 Å². The Labute approximate surface area is 136 Å². The molecule has 0 radical (unpaired) electrons. The van der Waals surface area contributed by atoms with Gasteiger partial charge in [0.15, 0.2) is 0 Å². The summed E-state index contributed by atoms with van der Waals surface area (Å²) in [6, 6.07) is 5.27. The van der Waals surface area contributed by atoms with Crippen LogP contribution in [0.2, 0.25) is 5.02 Å². The summed E-state index contributed by atoms with van der Waals surface area (Å²) in [5, 5.41) is 2.95. The summed E-state index contributed by atoms with van der Waals surface area (Å²) in [6.45, 7) is 5.04. The van der Waals surface area contributed by atoms with E-state index in [1.807, 2.05) is 0 Å². The average Bonchev–Trinajstić information content (AvgIpc) is 2.96. The maximum atomic E-state index is 13.7. The molecule has 1 aliphatic carbocycles. The largest absolute Gasteiger partial charge is 0.324 e. The zero-order valence-corrected chi connectivity index (χ0v) is 14.0. The molecule has 0 aromatic heterocycles. The lowest BCUT2D eigenvalue weighted by molar-refractivity contribution is -0.116. The van der Waals surface area contributed by atoms with Gasteiger partial charge in [-0.15, -0.1) is 0 Å². The number of anilines is 1. The van der Waals surface area contributed by atoms with Crippen LogP contribution >= 0.6 is 11.6 Å². The maximum absolute atomic E-state index is 13.7. The smallest absolute Gasteiger partial charge is 0.225 e. The van der Waals surface area contributed by atoms with E-state index in [0.29, 0.717) is 30.1 Å². The topological polar surface area (TPSA) is 32.3 Å². The Kier molecular flexibility index (Phi) is 6.21. The Balaban J connectivity index is 1.88. The summed E-state index contributed by atoms with van der Waals surface area (Å²) in [6.07, 6.45) is 5.35. The van der Waals surface area contributed by atoms with E-state index >= 15 is 0 Å². The van der Waals surface area contributed by atoms with Gasteiger partial charge in [-0.3, -0.25) is 9.69 Å². The number of hydrogen-bond donors (Lipinski definition) is 1. The van der Waals surface area contributed by atoms with Gasteiger partial charge in [0, 0.05) is 30.1 Å². The molecule has 0 saturated heterocycles. The number of carbonyl (C=O) groups is 1. The van der Waals surface area contributed by atoms with Gasteiger partial charge in [-0.2, -0.15) is 0 Å². The van der Waals surface area contributed by atoms with Crippen molar-refractivity contribution in [1.82, 2.24) is 4.90 Å². The van der Waals surface area contributed by atoms with Crippen LogP contribution in [0.25, 0.3) is 0 Å². The van der Waals surface area contributed by atoms with Crippen LogP contribution in [0.1, 0.15) is 46.0 Å². The standard InChI is InChI=1S/C17H24ClFN2O/c1-12(2)21(14-5-3-4-6-14)10-9-17(22)20-16-8-7-13(18)11-15(16)19/h7-8,11-12,14H,3-6,9-10H2,1-2H3,(H,20,22). The Morgan fingerprint density at radius 1 is 1.41 bits per heavy atom. The molecule has 1 saturated carbocycles. The minimum atomic E-state index is -0.502. The fourth-order valence-corrected chi connectivity index (χ4v) is 3.29. The summed E-state index contributed by atoms with van der Waals surface area (Å²) >= 11 is 5.70. The lowest BCUT2D eigenvalue weighted by Crippen LogP contribution is -2.40. The number of nitrogens with one attached hydrogen (secondary N) is 1. The fourth-order valence-electron chi connectivity index (χ4n) is 3.13. The molecule has 2 rings (SSSR count). The highest BCUT2D eigenvalue weighted by atomic mass is 35.5. The number of nitrogens with zero attached hydrogens (tertiary/aromatic N) is 1. The van der Waals surface area contributed by atoms with Crippen LogP contribution in [0.4, 0.5) is 10.1 Å². The van der Waals surface area contributed by atoms with Gasteiger partial charge in [0.25, 0.3) is 0 Å². The van der Waals surface area contributed by atoms with Gasteiger partial charge in [0.05, 0.1) is 5.69 Å². The predicted octanol–water partition coefficient (Wildman–Crippen LogP) is 4.46. The van der Waals surface area contributed by atoms with Gasteiger partial charge in [0.2, 0.25) is 5.91 Å². The molecule has 1 aromatic rings. The second-order valence-electron chi connectivity index (χ2n) is 6.19. The van der Waals surface area contributed by atoms with Gasteiger partial charge in [-0.25, -0.2) is 4.39 Å². The lowest BCUT2D eigenvalue weighted by Gasteiger charge is -2.32. The highest BCUT2D eigenvalue weighted by Crippen LogP contribution is 2.25. The van der Waals surface area contributed by atoms with E-state index in [9.17, 15) is 9.18 Å². The first kappa shape index (κ1) is 17.2. The molecule has 1 fully saturated rings. The molecule has 1 N–H and O–H groups in total. The van der Waals surface area contributed by atoms with Crippen LogP contribution in [-0.2, 0) is 4.79 Å². The monoisotopic (exact) mass is 326 g/mol. The van der Waals surface area contributed by atoms with Crippen molar-refractivity contribution in [3.05, 3.63) is 29.0 Å². The lowest BCUT2D eigenvalue weighted by atomic mass is 10.1. The first-order valence-corrected chi connectivity index (χ1v) is 8.36. The van der Waals surface area contributed by atoms with Gasteiger partial charge in [-0.1, -0.05) is 24.4 Å². The second-order valence-corrected chi connectivity index (χ2v) is 6.63. The average molecular weight is 327 g/mol. The molecular weight excluding hydrogens is 303 g/mol. The highest BCUT2D eigenvalue weighted by molar-refractivity contribution is 6.30. The third kappa shape index (κ3) is 4.68. The second kappa shape index (κ2) is 7.93. The van der Waals surface area contributed by atoms with Crippen LogP contribution in [-0.4, -0.2) is 29.4 Å². The zero-order chi connectivity index (χ0) is 16.1. The summed E-state index contributed by atoms with van der Waals surface area (Å²) in [5.74, 6) is -0.665. The third-order valence-electron chi connectivity index (χ3n) is 4.26. The van der Waals surface area contributed by atoms with Crippen LogP contribution in [0, 0.1) is 5.82 Å². The van der Waals surface area contributed by atoms with Crippen molar-refractivity contribution in [1.29, 1.82) is 0 Å². The van der Waals surface area contributed by atoms with Crippen molar-refractivity contribution in [2.75, 3.05) is 11.9 Å². The first-order chi connectivity index (χ1) is 10.5. The first-order valence-electron chi connectivity index (χ1n) is 7.98. The van der Waals surface area contributed by atoms with Crippen molar-refractivity contribution in [2.45, 2.75) is 58.0 Å². The molecular formula is C17H24ClFN2O. The summed E-state index contributed by atoms with van der Waals surface area (Å²) in [4.78, 5) is 14.4. The van der Waals surface area contributed by atoms with Crippen molar-refractivity contribution in [3.63, 3.8) is 0 Å². The quantitative estimate of drug-likeness (QED) is 0.837. The van der Waals surface area contributed by atoms with Crippen molar-refractivity contribution in [3.8, 4) is 0 Å². The Morgan fingerprint density at radius 2 is 2.09 bits per heavy atom. The van der Waals surface area contributed by atoms with Gasteiger partial charge < -0.3 is 5.32 Å². The van der Waals surface area contributed by atoms with E-state index in [0.717, 1.165) is 0 Å². The third-order valence-corrected chi connectivity index (χ3v) is 4.49. The number of benzene rings is 1. The van der Waals surface area contributed by atoms with E-state index in [1.54, 1.807) is 6.07 Å². The van der Waals surface area contributed by atoms with E-state index in [2.05, 4.69) is 24.1 Å². The van der Waals surface area contributed by atoms with E-state index < -0.39 is 5.82 Å². The van der Waals surface area contributed by atoms with Crippen LogP contribution in [0.15, 0.2) is 18.2 Å². The molecule has 0 heterocycles.